The molecule has 0 fully saturated rings. The summed E-state index contributed by atoms with van der Waals surface area (Å²) in [5.74, 6) is 0.876. The Bertz CT molecular complexity index is 512. The normalized spacial score (nSPS) is 14.4. The maximum Gasteiger partial charge on any atom is 0.126 e. The Balaban J connectivity index is 2.39. The number of hydrogen-bond acceptors (Lipinski definition) is 2. The number of H-pyrrole nitrogens is 1. The molecule has 0 amide bonds. The molecule has 0 spiro atoms. The van der Waals surface area contributed by atoms with Crippen LogP contribution in [0.4, 0.5) is 0 Å². The number of nitrogens with zero attached hydrogens (tertiary/aromatic N) is 1. The molecule has 0 aliphatic carbocycles. The minimum Gasteiger partial charge on any atom is -0.344 e. The molecule has 96 valence electrons. The lowest BCUT2D eigenvalue weighted by Gasteiger charge is -2.21. The van der Waals surface area contributed by atoms with Crippen LogP contribution in [0.15, 0.2) is 30.3 Å². The summed E-state index contributed by atoms with van der Waals surface area (Å²) < 4.78 is 0. The quantitative estimate of drug-likeness (QED) is 0.865. The number of benzene rings is 1. The first-order chi connectivity index (χ1) is 8.54. The van der Waals surface area contributed by atoms with E-state index in [0.717, 1.165) is 35.6 Å². The smallest absolute Gasteiger partial charge is 0.126 e. The van der Waals surface area contributed by atoms with E-state index in [2.05, 4.69) is 29.0 Å². The summed E-state index contributed by atoms with van der Waals surface area (Å²) in [6.07, 6.45) is 1.97. The van der Waals surface area contributed by atoms with Crippen LogP contribution in [0.25, 0.3) is 11.3 Å². The van der Waals surface area contributed by atoms with Gasteiger partial charge in [0.05, 0.1) is 11.2 Å². The van der Waals surface area contributed by atoms with Gasteiger partial charge in [0.1, 0.15) is 5.82 Å². The Labute approximate surface area is 108 Å². The summed E-state index contributed by atoms with van der Waals surface area (Å²) in [7, 11) is 0. The van der Waals surface area contributed by atoms with Crippen LogP contribution in [-0.4, -0.2) is 9.97 Å². The number of rotatable bonds is 4. The summed E-state index contributed by atoms with van der Waals surface area (Å²) in [4.78, 5) is 8.02. The van der Waals surface area contributed by atoms with Crippen molar-refractivity contribution in [3.05, 3.63) is 41.9 Å². The highest BCUT2D eigenvalue weighted by Crippen LogP contribution is 2.26. The van der Waals surface area contributed by atoms with Crippen molar-refractivity contribution in [1.82, 2.24) is 9.97 Å². The van der Waals surface area contributed by atoms with Gasteiger partial charge in [0, 0.05) is 11.3 Å². The molecule has 0 aliphatic heterocycles. The third-order valence-electron chi connectivity index (χ3n) is 3.24. The predicted octanol–water partition coefficient (Wildman–Crippen LogP) is 3.36. The summed E-state index contributed by atoms with van der Waals surface area (Å²) in [6.45, 7) is 6.21. The molecule has 2 rings (SSSR count). The van der Waals surface area contributed by atoms with E-state index in [1.807, 2.05) is 32.0 Å². The lowest BCUT2D eigenvalue weighted by atomic mass is 9.97. The van der Waals surface area contributed by atoms with Crippen molar-refractivity contribution >= 4 is 0 Å². The first-order valence-corrected chi connectivity index (χ1v) is 6.46. The van der Waals surface area contributed by atoms with E-state index in [0.29, 0.717) is 0 Å². The minimum absolute atomic E-state index is 0.382. The van der Waals surface area contributed by atoms with E-state index in [1.165, 1.54) is 0 Å². The zero-order valence-electron chi connectivity index (χ0n) is 11.3. The number of nitrogens with two attached hydrogens (primary N) is 1. The summed E-state index contributed by atoms with van der Waals surface area (Å²) >= 11 is 0. The van der Waals surface area contributed by atoms with Crippen LogP contribution in [0.5, 0.6) is 0 Å². The Morgan fingerprint density at radius 2 is 1.94 bits per heavy atom. The van der Waals surface area contributed by atoms with Crippen molar-refractivity contribution in [3.8, 4) is 11.3 Å². The van der Waals surface area contributed by atoms with Crippen LogP contribution >= 0.6 is 0 Å². The highest BCUT2D eigenvalue weighted by Gasteiger charge is 2.25. The second-order valence-electron chi connectivity index (χ2n) is 5.09. The molecule has 1 unspecified atom stereocenters. The lowest BCUT2D eigenvalue weighted by Crippen LogP contribution is -2.34. The second-order valence-corrected chi connectivity index (χ2v) is 5.09. The van der Waals surface area contributed by atoms with E-state index in [1.54, 1.807) is 0 Å². The fourth-order valence-corrected chi connectivity index (χ4v) is 2.25. The SMILES string of the molecule is CCCC(C)(N)c1nc(-c2ccccc2)c(C)[nH]1. The number of imidazole rings is 1. The van der Waals surface area contributed by atoms with Crippen molar-refractivity contribution in [2.45, 2.75) is 39.2 Å². The highest BCUT2D eigenvalue weighted by molar-refractivity contribution is 5.61. The molecule has 0 saturated carbocycles. The van der Waals surface area contributed by atoms with Crippen molar-refractivity contribution in [3.63, 3.8) is 0 Å². The van der Waals surface area contributed by atoms with E-state index >= 15 is 0 Å². The largest absolute Gasteiger partial charge is 0.344 e. The van der Waals surface area contributed by atoms with Gasteiger partial charge < -0.3 is 10.7 Å². The van der Waals surface area contributed by atoms with Gasteiger partial charge in [-0.15, -0.1) is 0 Å². The van der Waals surface area contributed by atoms with E-state index in [9.17, 15) is 0 Å². The van der Waals surface area contributed by atoms with Gasteiger partial charge in [-0.2, -0.15) is 0 Å². The zero-order chi connectivity index (χ0) is 13.2. The summed E-state index contributed by atoms with van der Waals surface area (Å²) in [6, 6.07) is 10.2. The summed E-state index contributed by atoms with van der Waals surface area (Å²) in [5, 5.41) is 0. The molecule has 2 aromatic rings. The highest BCUT2D eigenvalue weighted by atomic mass is 15.0. The molecule has 1 heterocycles. The first kappa shape index (κ1) is 12.8. The third kappa shape index (κ3) is 2.46. The van der Waals surface area contributed by atoms with Crippen LogP contribution in [0.1, 0.15) is 38.2 Å². The van der Waals surface area contributed by atoms with Crippen LogP contribution < -0.4 is 5.73 Å². The monoisotopic (exact) mass is 243 g/mol. The van der Waals surface area contributed by atoms with Crippen molar-refractivity contribution < 1.29 is 0 Å². The molecule has 1 aromatic carbocycles. The Kier molecular flexibility index (Phi) is 3.53. The molecule has 18 heavy (non-hydrogen) atoms. The minimum atomic E-state index is -0.382. The van der Waals surface area contributed by atoms with Gasteiger partial charge in [0.25, 0.3) is 0 Å². The van der Waals surface area contributed by atoms with Crippen LogP contribution in [0, 0.1) is 6.92 Å². The number of aromatic nitrogens is 2. The topological polar surface area (TPSA) is 54.7 Å². The van der Waals surface area contributed by atoms with Crippen molar-refractivity contribution in [2.75, 3.05) is 0 Å². The molecule has 3 N–H and O–H groups in total. The first-order valence-electron chi connectivity index (χ1n) is 6.46. The van der Waals surface area contributed by atoms with Crippen LogP contribution in [0.2, 0.25) is 0 Å². The summed E-state index contributed by atoms with van der Waals surface area (Å²) in [5.41, 5.74) is 9.13. The fraction of sp³-hybridized carbons (Fsp3) is 0.400. The number of aryl methyl sites for hydroxylation is 1. The number of aromatic amines is 1. The third-order valence-corrected chi connectivity index (χ3v) is 3.24. The average Bonchev–Trinajstić information content (AvgIpc) is 2.73. The standard InChI is InChI=1S/C15H21N3/c1-4-10-15(3,16)14-17-11(2)13(18-14)12-8-6-5-7-9-12/h5-9H,4,10,16H2,1-3H3,(H,17,18). The molecule has 1 aromatic heterocycles. The lowest BCUT2D eigenvalue weighted by molar-refractivity contribution is 0.423. The number of hydrogen-bond donors (Lipinski definition) is 2. The Hall–Kier alpha value is -1.61. The van der Waals surface area contributed by atoms with Gasteiger partial charge in [-0.05, 0) is 20.3 Å². The molecule has 0 saturated heterocycles. The van der Waals surface area contributed by atoms with E-state index < -0.39 is 0 Å². The van der Waals surface area contributed by atoms with Crippen LogP contribution in [-0.2, 0) is 5.54 Å². The van der Waals surface area contributed by atoms with Crippen molar-refractivity contribution in [1.29, 1.82) is 0 Å². The van der Waals surface area contributed by atoms with Gasteiger partial charge in [-0.3, -0.25) is 0 Å². The molecule has 1 atom stereocenters. The molecule has 0 radical (unpaired) electrons. The molecular weight excluding hydrogens is 222 g/mol. The molecule has 3 nitrogen and oxygen atoms in total. The number of nitrogens with one attached hydrogen (secondary N) is 1. The Morgan fingerprint density at radius 1 is 1.28 bits per heavy atom. The van der Waals surface area contributed by atoms with Crippen LogP contribution in [0.3, 0.4) is 0 Å². The molecular formula is C15H21N3. The molecule has 0 aliphatic rings. The van der Waals surface area contributed by atoms with Gasteiger partial charge >= 0.3 is 0 Å². The zero-order valence-corrected chi connectivity index (χ0v) is 11.3. The van der Waals surface area contributed by atoms with Gasteiger partial charge in [0.2, 0.25) is 0 Å². The van der Waals surface area contributed by atoms with E-state index in [-0.39, 0.29) is 5.54 Å². The molecule has 3 heteroatoms. The predicted molar refractivity (Wildman–Crippen MR) is 75.2 cm³/mol. The average molecular weight is 243 g/mol. The molecule has 0 bridgehead atoms. The van der Waals surface area contributed by atoms with Gasteiger partial charge in [0.15, 0.2) is 0 Å². The maximum absolute atomic E-state index is 6.32. The fourth-order valence-electron chi connectivity index (χ4n) is 2.25. The van der Waals surface area contributed by atoms with Gasteiger partial charge in [-0.1, -0.05) is 43.7 Å². The second kappa shape index (κ2) is 4.94. The van der Waals surface area contributed by atoms with E-state index in [4.69, 9.17) is 5.73 Å². The van der Waals surface area contributed by atoms with Crippen molar-refractivity contribution in [2.24, 2.45) is 5.73 Å². The maximum atomic E-state index is 6.32. The Morgan fingerprint density at radius 3 is 2.56 bits per heavy atom. The van der Waals surface area contributed by atoms with Gasteiger partial charge in [-0.25, -0.2) is 4.98 Å².